The third-order valence-electron chi connectivity index (χ3n) is 4.34. The number of fused-ring (bicyclic) bond motifs is 1. The molecular formula is C22H23N7O3. The van der Waals surface area contributed by atoms with Crippen molar-refractivity contribution in [2.24, 2.45) is 0 Å². The van der Waals surface area contributed by atoms with Crippen LogP contribution in [-0.4, -0.2) is 50.7 Å². The molecule has 164 valence electrons. The number of nitrogens with zero attached hydrogens (tertiary/aromatic N) is 5. The molecular weight excluding hydrogens is 410 g/mol. The first-order valence-corrected chi connectivity index (χ1v) is 9.58. The summed E-state index contributed by atoms with van der Waals surface area (Å²) in [6, 6.07) is 5.77. The van der Waals surface area contributed by atoms with Gasteiger partial charge in [-0.15, -0.1) is 11.5 Å². The minimum Gasteiger partial charge on any atom is -0.483 e. The predicted octanol–water partition coefficient (Wildman–Crippen LogP) is 2.10. The molecule has 1 aromatic carbocycles. The zero-order valence-corrected chi connectivity index (χ0v) is 17.3. The van der Waals surface area contributed by atoms with Gasteiger partial charge in [0.2, 0.25) is 11.9 Å². The van der Waals surface area contributed by atoms with E-state index < -0.39 is 0 Å². The smallest absolute Gasteiger partial charge is 0.290 e. The summed E-state index contributed by atoms with van der Waals surface area (Å²) in [4.78, 5) is 29.3. The maximum Gasteiger partial charge on any atom is 0.290 e. The molecule has 0 bridgehead atoms. The fourth-order valence-electron chi connectivity index (χ4n) is 2.92. The maximum absolute atomic E-state index is 11.3. The number of terminal acetylenes is 1. The van der Waals surface area contributed by atoms with E-state index in [0.29, 0.717) is 5.56 Å². The second-order valence-corrected chi connectivity index (χ2v) is 6.44. The lowest BCUT2D eigenvalue weighted by Crippen LogP contribution is -2.19. The van der Waals surface area contributed by atoms with Crippen molar-refractivity contribution in [3.8, 4) is 12.3 Å². The highest BCUT2D eigenvalue weighted by atomic mass is 16.3. The molecule has 0 atom stereocenters. The van der Waals surface area contributed by atoms with Crippen LogP contribution in [0.5, 0.6) is 0 Å². The number of carbonyl (C=O) groups excluding carboxylic acids is 1. The topological polar surface area (TPSA) is 147 Å². The average Bonchev–Trinajstić information content (AvgIpc) is 3.35. The van der Waals surface area contributed by atoms with Gasteiger partial charge in [0.25, 0.3) is 6.47 Å². The molecule has 0 unspecified atom stereocenters. The molecule has 0 aliphatic carbocycles. The molecule has 4 N–H and O–H groups in total. The number of benzene rings is 1. The van der Waals surface area contributed by atoms with Crippen molar-refractivity contribution in [2.45, 2.75) is 12.8 Å². The average molecular weight is 433 g/mol. The summed E-state index contributed by atoms with van der Waals surface area (Å²) >= 11 is 0. The number of nitrogen functional groups attached to an aromatic ring is 1. The SMILES string of the molecule is C#Cc1cnc(N)nc1.C=CC(=O)Nc1ccc2c(N3CCCC3)nncc2c1.O=CO. The minimum absolute atomic E-state index is 0.217. The van der Waals surface area contributed by atoms with Gasteiger partial charge in [-0.3, -0.25) is 9.59 Å². The Balaban J connectivity index is 0.000000252. The number of nitrogens with two attached hydrogens (primary N) is 1. The number of hydrogen-bond donors (Lipinski definition) is 3. The van der Waals surface area contributed by atoms with Crippen molar-refractivity contribution in [2.75, 3.05) is 29.0 Å². The molecule has 10 heteroatoms. The lowest BCUT2D eigenvalue weighted by Gasteiger charge is -2.17. The lowest BCUT2D eigenvalue weighted by molar-refractivity contribution is -0.122. The first-order valence-electron chi connectivity index (χ1n) is 9.58. The summed E-state index contributed by atoms with van der Waals surface area (Å²) in [5.41, 5.74) is 6.57. The second kappa shape index (κ2) is 12.2. The summed E-state index contributed by atoms with van der Waals surface area (Å²) in [6.07, 6.45) is 13.4. The Labute approximate surface area is 185 Å². The third-order valence-corrected chi connectivity index (χ3v) is 4.34. The fraction of sp³-hybridized carbons (Fsp3) is 0.182. The first kappa shape index (κ1) is 23.8. The standard InChI is InChI=1S/C15H16N4O.C6H5N3.CH2O2/c1-2-14(20)17-12-5-6-13-11(9-12)10-16-18-15(13)19-7-3-4-8-19;1-2-5-3-8-6(7)9-4-5;2-1-3/h2,5-6,9-10H,1,3-4,7-8H2,(H,17,20);1,3-4H,(H2,7,8,9);1H,(H,2,3). The van der Waals surface area contributed by atoms with Crippen LogP contribution in [0.1, 0.15) is 18.4 Å². The van der Waals surface area contributed by atoms with Gasteiger partial charge in [-0.25, -0.2) is 9.97 Å². The van der Waals surface area contributed by atoms with E-state index in [9.17, 15) is 4.79 Å². The molecule has 2 aromatic heterocycles. The number of rotatable bonds is 3. The molecule has 1 aliphatic rings. The van der Waals surface area contributed by atoms with E-state index in [0.717, 1.165) is 35.4 Å². The van der Waals surface area contributed by atoms with Crippen molar-refractivity contribution in [3.63, 3.8) is 0 Å². The van der Waals surface area contributed by atoms with E-state index in [4.69, 9.17) is 22.1 Å². The molecule has 32 heavy (non-hydrogen) atoms. The van der Waals surface area contributed by atoms with Crippen molar-refractivity contribution >= 4 is 40.6 Å². The number of anilines is 3. The molecule has 1 fully saturated rings. The monoisotopic (exact) mass is 433 g/mol. The van der Waals surface area contributed by atoms with Crippen LogP contribution in [0.3, 0.4) is 0 Å². The Hall–Kier alpha value is -4.52. The van der Waals surface area contributed by atoms with E-state index >= 15 is 0 Å². The Bertz CT molecular complexity index is 1100. The van der Waals surface area contributed by atoms with Gasteiger partial charge < -0.3 is 21.1 Å². The predicted molar refractivity (Wildman–Crippen MR) is 123 cm³/mol. The van der Waals surface area contributed by atoms with Crippen LogP contribution >= 0.6 is 0 Å². The van der Waals surface area contributed by atoms with Gasteiger partial charge in [0, 0.05) is 41.9 Å². The fourth-order valence-corrected chi connectivity index (χ4v) is 2.92. The Kier molecular flexibility index (Phi) is 9.09. The second-order valence-electron chi connectivity index (χ2n) is 6.44. The van der Waals surface area contributed by atoms with Crippen LogP contribution in [-0.2, 0) is 9.59 Å². The van der Waals surface area contributed by atoms with Crippen molar-refractivity contribution < 1.29 is 14.7 Å². The number of carboxylic acid groups (broad SMARTS) is 1. The summed E-state index contributed by atoms with van der Waals surface area (Å²) in [6.45, 7) is 5.26. The van der Waals surface area contributed by atoms with Crippen LogP contribution in [0.2, 0.25) is 0 Å². The molecule has 1 aliphatic heterocycles. The summed E-state index contributed by atoms with van der Waals surface area (Å²) in [5, 5.41) is 20.0. The molecule has 1 saturated heterocycles. The number of amides is 1. The minimum atomic E-state index is -0.250. The molecule has 0 radical (unpaired) electrons. The highest BCUT2D eigenvalue weighted by molar-refractivity contribution is 6.01. The molecule has 10 nitrogen and oxygen atoms in total. The Morgan fingerprint density at radius 2 is 1.91 bits per heavy atom. The molecule has 3 heterocycles. The van der Waals surface area contributed by atoms with Gasteiger partial charge >= 0.3 is 0 Å². The van der Waals surface area contributed by atoms with E-state index in [1.54, 1.807) is 6.20 Å². The number of hydrogen-bond acceptors (Lipinski definition) is 8. The maximum atomic E-state index is 11.3. The molecule has 3 aromatic rings. The van der Waals surface area contributed by atoms with Crippen LogP contribution < -0.4 is 16.0 Å². The van der Waals surface area contributed by atoms with Gasteiger partial charge in [0.1, 0.15) is 0 Å². The van der Waals surface area contributed by atoms with Gasteiger partial charge in [-0.2, -0.15) is 5.10 Å². The van der Waals surface area contributed by atoms with Crippen LogP contribution in [0.15, 0.2) is 49.4 Å². The van der Waals surface area contributed by atoms with Gasteiger partial charge in [0.15, 0.2) is 5.82 Å². The van der Waals surface area contributed by atoms with Crippen molar-refractivity contribution in [1.29, 1.82) is 0 Å². The zero-order valence-electron chi connectivity index (χ0n) is 17.3. The summed E-state index contributed by atoms with van der Waals surface area (Å²) in [7, 11) is 0. The molecule has 0 spiro atoms. The number of aromatic nitrogens is 4. The van der Waals surface area contributed by atoms with Gasteiger partial charge in [-0.1, -0.05) is 12.5 Å². The molecule has 4 rings (SSSR count). The quantitative estimate of drug-likeness (QED) is 0.321. The van der Waals surface area contributed by atoms with Crippen molar-refractivity contribution in [1.82, 2.24) is 20.2 Å². The normalized spacial score (nSPS) is 11.8. The van der Waals surface area contributed by atoms with E-state index in [-0.39, 0.29) is 18.3 Å². The number of carbonyl (C=O) groups is 2. The third kappa shape index (κ3) is 6.77. The van der Waals surface area contributed by atoms with Crippen LogP contribution in [0.4, 0.5) is 17.5 Å². The Morgan fingerprint density at radius 1 is 1.25 bits per heavy atom. The number of nitrogens with one attached hydrogen (secondary N) is 1. The van der Waals surface area contributed by atoms with Crippen molar-refractivity contribution in [3.05, 3.63) is 55.0 Å². The largest absolute Gasteiger partial charge is 0.483 e. The molecule has 1 amide bonds. The molecule has 0 saturated carbocycles. The zero-order chi connectivity index (χ0) is 23.3. The van der Waals surface area contributed by atoms with Crippen LogP contribution in [0.25, 0.3) is 10.8 Å². The van der Waals surface area contributed by atoms with Gasteiger partial charge in [-0.05, 0) is 37.1 Å². The first-order chi connectivity index (χ1) is 15.5. The summed E-state index contributed by atoms with van der Waals surface area (Å²) < 4.78 is 0. The van der Waals surface area contributed by atoms with Crippen LogP contribution in [0, 0.1) is 12.3 Å². The highest BCUT2D eigenvalue weighted by Gasteiger charge is 2.16. The van der Waals surface area contributed by atoms with E-state index in [2.05, 4.69) is 42.9 Å². The lowest BCUT2D eigenvalue weighted by atomic mass is 10.1. The van der Waals surface area contributed by atoms with Gasteiger partial charge in [0.05, 0.1) is 11.8 Å². The highest BCUT2D eigenvalue weighted by Crippen LogP contribution is 2.28. The van der Waals surface area contributed by atoms with E-state index in [1.165, 1.54) is 31.3 Å². The summed E-state index contributed by atoms with van der Waals surface area (Å²) in [5.74, 6) is 3.33. The Morgan fingerprint density at radius 3 is 2.50 bits per heavy atom. The van der Waals surface area contributed by atoms with E-state index in [1.807, 2.05) is 18.2 Å².